The van der Waals surface area contributed by atoms with Crippen molar-refractivity contribution in [2.24, 2.45) is 0 Å². The third-order valence-electron chi connectivity index (χ3n) is 2.66. The van der Waals surface area contributed by atoms with Gasteiger partial charge >= 0.3 is 0 Å². The van der Waals surface area contributed by atoms with Gasteiger partial charge in [0, 0.05) is 11.3 Å². The van der Waals surface area contributed by atoms with Crippen LogP contribution in [0.1, 0.15) is 15.9 Å². The van der Waals surface area contributed by atoms with Crippen molar-refractivity contribution in [3.63, 3.8) is 0 Å². The average molecular weight is 244 g/mol. The molecule has 2 rings (SSSR count). The van der Waals surface area contributed by atoms with Crippen LogP contribution in [0, 0.1) is 12.7 Å². The van der Waals surface area contributed by atoms with Crippen LogP contribution in [-0.4, -0.2) is 5.91 Å². The van der Waals surface area contributed by atoms with Gasteiger partial charge in [-0.1, -0.05) is 18.2 Å². The zero-order valence-electron chi connectivity index (χ0n) is 9.91. The number of aryl methyl sites for hydroxylation is 1. The van der Waals surface area contributed by atoms with Gasteiger partial charge in [0.05, 0.1) is 5.69 Å². The van der Waals surface area contributed by atoms with Crippen molar-refractivity contribution in [3.8, 4) is 0 Å². The second kappa shape index (κ2) is 4.87. The van der Waals surface area contributed by atoms with E-state index < -0.39 is 5.82 Å². The van der Waals surface area contributed by atoms with E-state index in [4.69, 9.17) is 5.73 Å². The maximum Gasteiger partial charge on any atom is 0.255 e. The van der Waals surface area contributed by atoms with E-state index in [0.29, 0.717) is 5.69 Å². The normalized spacial score (nSPS) is 10.1. The van der Waals surface area contributed by atoms with Crippen LogP contribution < -0.4 is 11.1 Å². The fourth-order valence-electron chi connectivity index (χ4n) is 1.58. The minimum absolute atomic E-state index is 0.0300. The summed E-state index contributed by atoms with van der Waals surface area (Å²) in [4.78, 5) is 11.9. The summed E-state index contributed by atoms with van der Waals surface area (Å²) in [6, 6.07) is 11.4. The number of nitrogen functional groups attached to an aromatic ring is 1. The predicted octanol–water partition coefficient (Wildman–Crippen LogP) is 2.97. The number of halogens is 1. The van der Waals surface area contributed by atoms with E-state index in [1.54, 1.807) is 6.07 Å². The van der Waals surface area contributed by atoms with Crippen LogP contribution in [0.15, 0.2) is 42.5 Å². The molecule has 3 nitrogen and oxygen atoms in total. The number of anilines is 2. The Balaban J connectivity index is 2.22. The highest BCUT2D eigenvalue weighted by Crippen LogP contribution is 2.16. The Morgan fingerprint density at radius 3 is 2.61 bits per heavy atom. The molecule has 0 unspecified atom stereocenters. The number of amides is 1. The van der Waals surface area contributed by atoms with Gasteiger partial charge in [0.15, 0.2) is 0 Å². The van der Waals surface area contributed by atoms with Crippen LogP contribution in [0.4, 0.5) is 15.8 Å². The molecule has 0 radical (unpaired) electrons. The summed E-state index contributed by atoms with van der Waals surface area (Å²) < 4.78 is 13.3. The lowest BCUT2D eigenvalue weighted by molar-refractivity contribution is 0.102. The quantitative estimate of drug-likeness (QED) is 0.798. The molecule has 0 aliphatic rings. The van der Waals surface area contributed by atoms with Gasteiger partial charge in [0.1, 0.15) is 5.82 Å². The molecule has 2 aromatic rings. The first kappa shape index (κ1) is 12.1. The number of hydrogen-bond donors (Lipinski definition) is 2. The summed E-state index contributed by atoms with van der Waals surface area (Å²) in [6.45, 7) is 1.89. The lowest BCUT2D eigenvalue weighted by Gasteiger charge is -2.08. The van der Waals surface area contributed by atoms with Crippen LogP contribution in [0.5, 0.6) is 0 Å². The molecular formula is C14H13FN2O. The highest BCUT2D eigenvalue weighted by Gasteiger charge is 2.09. The topological polar surface area (TPSA) is 55.1 Å². The minimum atomic E-state index is -0.590. The van der Waals surface area contributed by atoms with Crippen molar-refractivity contribution < 1.29 is 9.18 Å². The number of carbonyl (C=O) groups excluding carboxylic acids is 1. The monoisotopic (exact) mass is 244 g/mol. The smallest absolute Gasteiger partial charge is 0.255 e. The van der Waals surface area contributed by atoms with E-state index >= 15 is 0 Å². The SMILES string of the molecule is Cc1ccccc1NC(=O)c1ccc(N)c(F)c1. The average Bonchev–Trinajstić information content (AvgIpc) is 2.35. The number of rotatable bonds is 2. The van der Waals surface area contributed by atoms with Crippen molar-refractivity contribution >= 4 is 17.3 Å². The van der Waals surface area contributed by atoms with Crippen molar-refractivity contribution in [3.05, 3.63) is 59.4 Å². The maximum absolute atomic E-state index is 13.3. The molecule has 3 N–H and O–H groups in total. The van der Waals surface area contributed by atoms with Gasteiger partial charge in [-0.2, -0.15) is 0 Å². The first-order valence-corrected chi connectivity index (χ1v) is 5.50. The summed E-state index contributed by atoms with van der Waals surface area (Å²) in [6.07, 6.45) is 0. The van der Waals surface area contributed by atoms with E-state index in [9.17, 15) is 9.18 Å². The molecule has 0 bridgehead atoms. The predicted molar refractivity (Wildman–Crippen MR) is 69.9 cm³/mol. The van der Waals surface area contributed by atoms with Gasteiger partial charge < -0.3 is 11.1 Å². The van der Waals surface area contributed by atoms with Crippen LogP contribution in [-0.2, 0) is 0 Å². The highest BCUT2D eigenvalue weighted by molar-refractivity contribution is 6.04. The molecule has 1 amide bonds. The zero-order valence-corrected chi connectivity index (χ0v) is 9.91. The summed E-state index contributed by atoms with van der Waals surface area (Å²) >= 11 is 0. The summed E-state index contributed by atoms with van der Waals surface area (Å²) in [7, 11) is 0. The second-order valence-electron chi connectivity index (χ2n) is 4.01. The van der Waals surface area contributed by atoms with E-state index in [0.717, 1.165) is 11.6 Å². The second-order valence-corrected chi connectivity index (χ2v) is 4.01. The lowest BCUT2D eigenvalue weighted by Crippen LogP contribution is -2.13. The van der Waals surface area contributed by atoms with Crippen LogP contribution in [0.3, 0.4) is 0 Å². The Hall–Kier alpha value is -2.36. The number of carbonyl (C=O) groups is 1. The van der Waals surface area contributed by atoms with Gasteiger partial charge in [0.25, 0.3) is 5.91 Å². The Bertz CT molecular complexity index is 596. The van der Waals surface area contributed by atoms with E-state index in [2.05, 4.69) is 5.32 Å². The molecule has 0 fully saturated rings. The Labute approximate surface area is 104 Å². The van der Waals surface area contributed by atoms with Gasteiger partial charge in [-0.15, -0.1) is 0 Å². The van der Waals surface area contributed by atoms with Crippen molar-refractivity contribution in [1.29, 1.82) is 0 Å². The molecule has 0 heterocycles. The molecule has 18 heavy (non-hydrogen) atoms. The fraction of sp³-hybridized carbons (Fsp3) is 0.0714. The maximum atomic E-state index is 13.3. The number of nitrogens with one attached hydrogen (secondary N) is 1. The Morgan fingerprint density at radius 1 is 1.22 bits per heavy atom. The number of nitrogens with two attached hydrogens (primary N) is 1. The van der Waals surface area contributed by atoms with Gasteiger partial charge in [-0.05, 0) is 36.8 Å². The zero-order chi connectivity index (χ0) is 13.1. The van der Waals surface area contributed by atoms with Gasteiger partial charge in [-0.25, -0.2) is 4.39 Å². The van der Waals surface area contributed by atoms with E-state index in [-0.39, 0.29) is 17.2 Å². The molecule has 0 aliphatic carbocycles. The fourth-order valence-corrected chi connectivity index (χ4v) is 1.58. The molecular weight excluding hydrogens is 231 g/mol. The van der Waals surface area contributed by atoms with Crippen molar-refractivity contribution in [2.45, 2.75) is 6.92 Å². The molecule has 0 aliphatic heterocycles. The molecule has 0 saturated carbocycles. The first-order chi connectivity index (χ1) is 8.58. The van der Waals surface area contributed by atoms with E-state index in [1.807, 2.05) is 25.1 Å². The summed E-state index contributed by atoms with van der Waals surface area (Å²) in [5.74, 6) is -0.948. The molecule has 2 aromatic carbocycles. The largest absolute Gasteiger partial charge is 0.396 e. The summed E-state index contributed by atoms with van der Waals surface area (Å²) in [5.41, 5.74) is 7.28. The molecule has 0 aromatic heterocycles. The molecule has 92 valence electrons. The molecule has 4 heteroatoms. The number of para-hydroxylation sites is 1. The third-order valence-corrected chi connectivity index (χ3v) is 2.66. The molecule has 0 saturated heterocycles. The van der Waals surface area contributed by atoms with Crippen LogP contribution in [0.25, 0.3) is 0 Å². The lowest BCUT2D eigenvalue weighted by atomic mass is 10.1. The van der Waals surface area contributed by atoms with E-state index in [1.165, 1.54) is 12.1 Å². The minimum Gasteiger partial charge on any atom is -0.396 e. The first-order valence-electron chi connectivity index (χ1n) is 5.50. The van der Waals surface area contributed by atoms with Gasteiger partial charge in [0.2, 0.25) is 0 Å². The Kier molecular flexibility index (Phi) is 3.28. The standard InChI is InChI=1S/C14H13FN2O/c1-9-4-2-3-5-13(9)17-14(18)10-6-7-12(16)11(15)8-10/h2-8H,16H2,1H3,(H,17,18). The van der Waals surface area contributed by atoms with Crippen molar-refractivity contribution in [1.82, 2.24) is 0 Å². The number of hydrogen-bond acceptors (Lipinski definition) is 2. The molecule has 0 spiro atoms. The molecule has 0 atom stereocenters. The Morgan fingerprint density at radius 2 is 1.94 bits per heavy atom. The van der Waals surface area contributed by atoms with Crippen molar-refractivity contribution in [2.75, 3.05) is 11.1 Å². The third kappa shape index (κ3) is 2.48. The van der Waals surface area contributed by atoms with Crippen LogP contribution >= 0.6 is 0 Å². The van der Waals surface area contributed by atoms with Gasteiger partial charge in [-0.3, -0.25) is 4.79 Å². The van der Waals surface area contributed by atoms with Crippen LogP contribution in [0.2, 0.25) is 0 Å². The summed E-state index contributed by atoms with van der Waals surface area (Å²) in [5, 5.41) is 2.73. The number of benzene rings is 2. The highest BCUT2D eigenvalue weighted by atomic mass is 19.1.